The SMILES string of the molecule is COc1ccc(-n2c(C)c(C)c3c2ncn2nc(CO/N=C/c4ccc(Cl)cc4)nc32)cc1. The topological polar surface area (TPSA) is 78.8 Å². The molecule has 33 heavy (non-hydrogen) atoms. The minimum atomic E-state index is 0.143. The van der Waals surface area contributed by atoms with Gasteiger partial charge in [-0.05, 0) is 61.4 Å². The van der Waals surface area contributed by atoms with Gasteiger partial charge < -0.3 is 9.57 Å². The second kappa shape index (κ2) is 8.55. The molecule has 0 atom stereocenters. The van der Waals surface area contributed by atoms with Crippen molar-refractivity contribution in [3.63, 3.8) is 0 Å². The lowest BCUT2D eigenvalue weighted by Crippen LogP contribution is -1.99. The first-order chi connectivity index (χ1) is 16.0. The van der Waals surface area contributed by atoms with Crippen LogP contribution in [0.1, 0.15) is 22.6 Å². The molecule has 0 aliphatic rings. The van der Waals surface area contributed by atoms with E-state index in [0.29, 0.717) is 10.8 Å². The third kappa shape index (κ3) is 3.89. The van der Waals surface area contributed by atoms with Gasteiger partial charge in [0.1, 0.15) is 12.1 Å². The van der Waals surface area contributed by atoms with Crippen LogP contribution in [0.15, 0.2) is 60.0 Å². The highest BCUT2D eigenvalue weighted by atomic mass is 35.5. The van der Waals surface area contributed by atoms with Crippen LogP contribution in [-0.4, -0.2) is 37.5 Å². The summed E-state index contributed by atoms with van der Waals surface area (Å²) in [4.78, 5) is 14.8. The predicted octanol–water partition coefficient (Wildman–Crippen LogP) is 4.90. The standard InChI is InChI=1S/C24H21ClN6O2/c1-15-16(2)31(19-8-10-20(32-3)11-9-19)23-22(15)24-28-21(29-30(24)14-26-23)13-33-27-12-17-4-6-18(25)7-5-17/h4-12,14H,13H2,1-3H3/b27-12+. The third-order valence-corrected chi connectivity index (χ3v) is 5.80. The molecule has 0 fully saturated rings. The first-order valence-corrected chi connectivity index (χ1v) is 10.7. The van der Waals surface area contributed by atoms with Crippen molar-refractivity contribution in [3.8, 4) is 11.4 Å². The number of rotatable bonds is 6. The maximum atomic E-state index is 5.90. The van der Waals surface area contributed by atoms with Crippen molar-refractivity contribution >= 4 is 34.5 Å². The van der Waals surface area contributed by atoms with Crippen molar-refractivity contribution in [1.29, 1.82) is 0 Å². The summed E-state index contributed by atoms with van der Waals surface area (Å²) in [6.07, 6.45) is 3.29. The molecule has 0 spiro atoms. The van der Waals surface area contributed by atoms with E-state index in [0.717, 1.165) is 44.9 Å². The Hall–Kier alpha value is -3.91. The zero-order valence-corrected chi connectivity index (χ0v) is 19.1. The lowest BCUT2D eigenvalue weighted by Gasteiger charge is -2.08. The largest absolute Gasteiger partial charge is 0.497 e. The first kappa shape index (κ1) is 21.0. The molecule has 0 saturated carbocycles. The van der Waals surface area contributed by atoms with Gasteiger partial charge >= 0.3 is 0 Å². The molecule has 0 bridgehead atoms. The molecule has 8 nitrogen and oxygen atoms in total. The fraction of sp³-hybridized carbons (Fsp3) is 0.167. The Morgan fingerprint density at radius 1 is 1.03 bits per heavy atom. The summed E-state index contributed by atoms with van der Waals surface area (Å²) in [5.74, 6) is 1.33. The lowest BCUT2D eigenvalue weighted by molar-refractivity contribution is 0.126. The summed E-state index contributed by atoms with van der Waals surface area (Å²) in [6.45, 7) is 4.29. The second-order valence-electron chi connectivity index (χ2n) is 7.54. The molecular weight excluding hydrogens is 440 g/mol. The summed E-state index contributed by atoms with van der Waals surface area (Å²) < 4.78 is 9.08. The van der Waals surface area contributed by atoms with Crippen LogP contribution < -0.4 is 4.74 Å². The number of hydrogen-bond donors (Lipinski definition) is 0. The van der Waals surface area contributed by atoms with Gasteiger partial charge in [-0.3, -0.25) is 4.57 Å². The van der Waals surface area contributed by atoms with Crippen molar-refractivity contribution in [1.82, 2.24) is 24.1 Å². The quantitative estimate of drug-likeness (QED) is 0.266. The van der Waals surface area contributed by atoms with Crippen molar-refractivity contribution in [2.75, 3.05) is 7.11 Å². The number of nitrogens with zero attached hydrogens (tertiary/aromatic N) is 6. The van der Waals surface area contributed by atoms with Crippen molar-refractivity contribution in [2.24, 2.45) is 5.16 Å². The summed E-state index contributed by atoms with van der Waals surface area (Å²) >= 11 is 5.90. The van der Waals surface area contributed by atoms with E-state index < -0.39 is 0 Å². The van der Waals surface area contributed by atoms with Gasteiger partial charge in [0.2, 0.25) is 0 Å². The van der Waals surface area contributed by atoms with E-state index in [1.54, 1.807) is 36.3 Å². The maximum absolute atomic E-state index is 5.90. The van der Waals surface area contributed by atoms with Crippen LogP contribution in [0.5, 0.6) is 5.75 Å². The summed E-state index contributed by atoms with van der Waals surface area (Å²) in [6, 6.07) is 15.2. The highest BCUT2D eigenvalue weighted by molar-refractivity contribution is 6.30. The number of fused-ring (bicyclic) bond motifs is 3. The minimum absolute atomic E-state index is 0.143. The molecule has 0 saturated heterocycles. The molecular formula is C24H21ClN6O2. The second-order valence-corrected chi connectivity index (χ2v) is 7.98. The van der Waals surface area contributed by atoms with Crippen LogP contribution in [-0.2, 0) is 11.4 Å². The van der Waals surface area contributed by atoms with Gasteiger partial charge in [0.05, 0.1) is 18.7 Å². The Morgan fingerprint density at radius 2 is 1.79 bits per heavy atom. The summed E-state index contributed by atoms with van der Waals surface area (Å²) in [5, 5.41) is 10.1. The molecule has 0 unspecified atom stereocenters. The Bertz CT molecular complexity index is 1470. The van der Waals surface area contributed by atoms with Gasteiger partial charge in [-0.1, -0.05) is 28.9 Å². The highest BCUT2D eigenvalue weighted by Crippen LogP contribution is 2.30. The van der Waals surface area contributed by atoms with Gasteiger partial charge in [-0.15, -0.1) is 5.10 Å². The molecule has 9 heteroatoms. The van der Waals surface area contributed by atoms with Crippen LogP contribution in [0.25, 0.3) is 22.4 Å². The van der Waals surface area contributed by atoms with E-state index in [1.165, 1.54) is 0 Å². The summed E-state index contributed by atoms with van der Waals surface area (Å²) in [7, 11) is 1.66. The Morgan fingerprint density at radius 3 is 2.52 bits per heavy atom. The zero-order valence-electron chi connectivity index (χ0n) is 18.4. The molecule has 0 aliphatic heterocycles. The van der Waals surface area contributed by atoms with E-state index in [4.69, 9.17) is 26.2 Å². The van der Waals surface area contributed by atoms with Crippen LogP contribution in [0.3, 0.4) is 0 Å². The Labute approximate surface area is 195 Å². The predicted molar refractivity (Wildman–Crippen MR) is 127 cm³/mol. The first-order valence-electron chi connectivity index (χ1n) is 10.3. The molecule has 5 aromatic rings. The zero-order chi connectivity index (χ0) is 22.9. The molecule has 3 aromatic heterocycles. The number of benzene rings is 2. The number of ether oxygens (including phenoxy) is 1. The van der Waals surface area contributed by atoms with E-state index in [9.17, 15) is 0 Å². The fourth-order valence-electron chi connectivity index (χ4n) is 3.76. The van der Waals surface area contributed by atoms with Crippen LogP contribution >= 0.6 is 11.6 Å². The Kier molecular flexibility index (Phi) is 5.43. The summed E-state index contributed by atoms with van der Waals surface area (Å²) in [5.41, 5.74) is 5.63. The molecule has 0 amide bonds. The van der Waals surface area contributed by atoms with Gasteiger partial charge in [-0.25, -0.2) is 14.5 Å². The number of hydrogen-bond acceptors (Lipinski definition) is 6. The normalized spacial score (nSPS) is 11.6. The molecule has 0 N–H and O–H groups in total. The van der Waals surface area contributed by atoms with E-state index in [-0.39, 0.29) is 6.61 Å². The fourth-order valence-corrected chi connectivity index (χ4v) is 3.88. The third-order valence-electron chi connectivity index (χ3n) is 5.55. The van der Waals surface area contributed by atoms with Crippen molar-refractivity contribution in [3.05, 3.63) is 82.5 Å². The van der Waals surface area contributed by atoms with Crippen molar-refractivity contribution < 1.29 is 9.57 Å². The molecule has 0 radical (unpaired) electrons. The maximum Gasteiger partial charge on any atom is 0.192 e. The van der Waals surface area contributed by atoms with Crippen LogP contribution in [0, 0.1) is 13.8 Å². The van der Waals surface area contributed by atoms with Gasteiger partial charge in [0, 0.05) is 16.4 Å². The van der Waals surface area contributed by atoms with Gasteiger partial charge in [0.25, 0.3) is 0 Å². The van der Waals surface area contributed by atoms with Crippen LogP contribution in [0.2, 0.25) is 5.02 Å². The molecule has 5 rings (SSSR count). The molecule has 3 heterocycles. The number of aromatic nitrogens is 5. The van der Waals surface area contributed by atoms with Gasteiger partial charge in [-0.2, -0.15) is 0 Å². The van der Waals surface area contributed by atoms with Gasteiger partial charge in [0.15, 0.2) is 23.7 Å². The number of aryl methyl sites for hydroxylation is 1. The lowest BCUT2D eigenvalue weighted by atomic mass is 10.2. The number of oxime groups is 1. The van der Waals surface area contributed by atoms with E-state index in [1.807, 2.05) is 36.4 Å². The monoisotopic (exact) mass is 460 g/mol. The molecule has 0 aliphatic carbocycles. The van der Waals surface area contributed by atoms with Crippen molar-refractivity contribution in [2.45, 2.75) is 20.5 Å². The molecule has 2 aromatic carbocycles. The number of halogens is 1. The minimum Gasteiger partial charge on any atom is -0.497 e. The van der Waals surface area contributed by atoms with Crippen LogP contribution in [0.4, 0.5) is 0 Å². The number of methoxy groups -OCH3 is 1. The molecule has 166 valence electrons. The average Bonchev–Trinajstić information content (AvgIpc) is 3.36. The van der Waals surface area contributed by atoms with E-state index in [2.05, 4.69) is 33.7 Å². The highest BCUT2D eigenvalue weighted by Gasteiger charge is 2.19. The average molecular weight is 461 g/mol. The van der Waals surface area contributed by atoms with E-state index >= 15 is 0 Å². The smallest absolute Gasteiger partial charge is 0.192 e. The Balaban J connectivity index is 1.45.